The molecule has 1 aromatic carbocycles. The van der Waals surface area contributed by atoms with Gasteiger partial charge in [0.2, 0.25) is 5.95 Å². The largest absolute Gasteiger partial charge is 0.378 e. The highest BCUT2D eigenvalue weighted by Crippen LogP contribution is 2.30. The number of ether oxygens (including phenoxy) is 1. The minimum atomic E-state index is 0.0882. The fourth-order valence-electron chi connectivity index (χ4n) is 4.74. The first-order valence-electron chi connectivity index (χ1n) is 12.0. The molecule has 9 heteroatoms. The van der Waals surface area contributed by atoms with E-state index in [0.29, 0.717) is 18.3 Å². The molecule has 34 heavy (non-hydrogen) atoms. The fraction of sp³-hybridized carbons (Fsp3) is 0.440. The molecule has 3 aromatic rings. The van der Waals surface area contributed by atoms with Gasteiger partial charge in [0.05, 0.1) is 43.6 Å². The zero-order chi connectivity index (χ0) is 23.2. The number of nitrogens with zero attached hydrogens (tertiary/aromatic N) is 6. The number of nitrogens with one attached hydrogen (secondary N) is 2. The number of rotatable bonds is 7. The van der Waals surface area contributed by atoms with Crippen LogP contribution in [0.1, 0.15) is 25.3 Å². The molecule has 0 amide bonds. The maximum atomic E-state index is 9.38. The minimum absolute atomic E-state index is 0.0882. The van der Waals surface area contributed by atoms with Gasteiger partial charge in [-0.1, -0.05) is 0 Å². The van der Waals surface area contributed by atoms with Crippen LogP contribution in [0, 0.1) is 17.2 Å². The third-order valence-electron chi connectivity index (χ3n) is 6.62. The third-order valence-corrected chi connectivity index (χ3v) is 6.62. The molecule has 4 heterocycles. The molecule has 0 aliphatic carbocycles. The first-order valence-corrected chi connectivity index (χ1v) is 12.0. The van der Waals surface area contributed by atoms with Gasteiger partial charge in [0, 0.05) is 42.4 Å². The van der Waals surface area contributed by atoms with Crippen molar-refractivity contribution < 1.29 is 4.74 Å². The summed E-state index contributed by atoms with van der Waals surface area (Å²) < 4.78 is 7.39. The Labute approximate surface area is 199 Å². The molecule has 1 unspecified atom stereocenters. The quantitative estimate of drug-likeness (QED) is 0.555. The van der Waals surface area contributed by atoms with Crippen LogP contribution in [-0.2, 0) is 4.74 Å². The Bertz CT molecular complexity index is 1110. The van der Waals surface area contributed by atoms with Crippen LogP contribution in [-0.4, -0.2) is 59.1 Å². The zero-order valence-corrected chi connectivity index (χ0v) is 19.2. The van der Waals surface area contributed by atoms with E-state index in [4.69, 9.17) is 9.72 Å². The van der Waals surface area contributed by atoms with Crippen molar-refractivity contribution in [1.82, 2.24) is 25.1 Å². The number of hydrogen-bond acceptors (Lipinski definition) is 8. The normalized spacial score (nSPS) is 17.8. The summed E-state index contributed by atoms with van der Waals surface area (Å²) >= 11 is 0. The van der Waals surface area contributed by atoms with E-state index in [9.17, 15) is 5.26 Å². The van der Waals surface area contributed by atoms with Gasteiger partial charge in [-0.15, -0.1) is 0 Å². The summed E-state index contributed by atoms with van der Waals surface area (Å²) in [5, 5.41) is 20.7. The number of nitriles is 1. The summed E-state index contributed by atoms with van der Waals surface area (Å²) in [7, 11) is 0. The van der Waals surface area contributed by atoms with Gasteiger partial charge in [-0.2, -0.15) is 10.4 Å². The molecule has 5 rings (SSSR count). The van der Waals surface area contributed by atoms with Gasteiger partial charge in [-0.05, 0) is 62.2 Å². The molecule has 1 atom stereocenters. The summed E-state index contributed by atoms with van der Waals surface area (Å²) in [5.74, 6) is 0.994. The second-order valence-corrected chi connectivity index (χ2v) is 8.76. The van der Waals surface area contributed by atoms with Crippen LogP contribution in [0.5, 0.6) is 0 Å². The standard InChI is InChI=1S/C25H30N8O/c26-9-5-24(19-6-10-27-11-7-19)33-18-20(17-29-33)23-8-12-28-25(31-23)30-21-1-3-22(4-2-21)32-13-15-34-16-14-32/h1-4,8,12,17-19,24,27H,5-7,10-11,13-16H2,(H,28,30,31). The maximum Gasteiger partial charge on any atom is 0.227 e. The molecule has 2 saturated heterocycles. The van der Waals surface area contributed by atoms with Crippen LogP contribution in [0.15, 0.2) is 48.9 Å². The second kappa shape index (κ2) is 10.6. The highest BCUT2D eigenvalue weighted by atomic mass is 16.5. The second-order valence-electron chi connectivity index (χ2n) is 8.76. The number of benzene rings is 1. The smallest absolute Gasteiger partial charge is 0.227 e. The summed E-state index contributed by atoms with van der Waals surface area (Å²) in [6, 6.07) is 12.6. The van der Waals surface area contributed by atoms with Gasteiger partial charge in [0.1, 0.15) is 0 Å². The Kier molecular flexibility index (Phi) is 6.98. The van der Waals surface area contributed by atoms with E-state index in [2.05, 4.69) is 43.8 Å². The molecular formula is C25H30N8O. The van der Waals surface area contributed by atoms with Crippen molar-refractivity contribution >= 4 is 17.3 Å². The van der Waals surface area contributed by atoms with E-state index >= 15 is 0 Å². The average molecular weight is 459 g/mol. The van der Waals surface area contributed by atoms with Gasteiger partial charge in [-0.25, -0.2) is 9.97 Å². The van der Waals surface area contributed by atoms with Crippen molar-refractivity contribution in [2.45, 2.75) is 25.3 Å². The van der Waals surface area contributed by atoms with E-state index < -0.39 is 0 Å². The Morgan fingerprint density at radius 2 is 1.94 bits per heavy atom. The van der Waals surface area contributed by atoms with Crippen LogP contribution in [0.2, 0.25) is 0 Å². The molecule has 0 saturated carbocycles. The third kappa shape index (κ3) is 5.19. The van der Waals surface area contributed by atoms with Crippen LogP contribution < -0.4 is 15.5 Å². The topological polar surface area (TPSA) is 104 Å². The summed E-state index contributed by atoms with van der Waals surface area (Å²) in [4.78, 5) is 11.4. The molecule has 0 bridgehead atoms. The SMILES string of the molecule is N#CCC(C1CCNCC1)n1cc(-c2ccnc(Nc3ccc(N4CCOCC4)cc3)n2)cn1. The van der Waals surface area contributed by atoms with Crippen LogP contribution in [0.3, 0.4) is 0 Å². The Morgan fingerprint density at radius 1 is 1.15 bits per heavy atom. The highest BCUT2D eigenvalue weighted by molar-refractivity contribution is 5.62. The Morgan fingerprint density at radius 3 is 2.71 bits per heavy atom. The average Bonchev–Trinajstić information content (AvgIpc) is 3.39. The van der Waals surface area contributed by atoms with Crippen molar-refractivity contribution in [3.05, 3.63) is 48.9 Å². The lowest BCUT2D eigenvalue weighted by molar-refractivity contribution is 0.122. The Balaban J connectivity index is 1.28. The van der Waals surface area contributed by atoms with E-state index in [1.807, 2.05) is 35.3 Å². The maximum absolute atomic E-state index is 9.38. The molecule has 2 aliphatic rings. The zero-order valence-electron chi connectivity index (χ0n) is 19.2. The minimum Gasteiger partial charge on any atom is -0.378 e. The molecule has 2 N–H and O–H groups in total. The first-order chi connectivity index (χ1) is 16.8. The molecule has 0 spiro atoms. The van der Waals surface area contributed by atoms with E-state index in [1.54, 1.807) is 6.20 Å². The lowest BCUT2D eigenvalue weighted by Gasteiger charge is -2.29. The monoisotopic (exact) mass is 458 g/mol. The fourth-order valence-corrected chi connectivity index (χ4v) is 4.74. The number of aromatic nitrogens is 4. The highest BCUT2D eigenvalue weighted by Gasteiger charge is 2.26. The van der Waals surface area contributed by atoms with E-state index in [1.165, 1.54) is 5.69 Å². The van der Waals surface area contributed by atoms with Crippen molar-refractivity contribution in [3.8, 4) is 17.3 Å². The van der Waals surface area contributed by atoms with E-state index in [0.717, 1.165) is 69.2 Å². The predicted molar refractivity (Wildman–Crippen MR) is 131 cm³/mol. The van der Waals surface area contributed by atoms with Crippen LogP contribution >= 0.6 is 0 Å². The summed E-state index contributed by atoms with van der Waals surface area (Å²) in [5.41, 5.74) is 3.85. The first kappa shape index (κ1) is 22.3. The molecule has 9 nitrogen and oxygen atoms in total. The van der Waals surface area contributed by atoms with Gasteiger partial charge >= 0.3 is 0 Å². The van der Waals surface area contributed by atoms with Crippen molar-refractivity contribution in [2.75, 3.05) is 49.6 Å². The summed E-state index contributed by atoms with van der Waals surface area (Å²) in [6.45, 7) is 5.36. The number of piperidine rings is 1. The summed E-state index contributed by atoms with van der Waals surface area (Å²) in [6.07, 6.45) is 8.18. The molecule has 0 radical (unpaired) electrons. The molecule has 176 valence electrons. The number of morpholine rings is 1. The predicted octanol–water partition coefficient (Wildman–Crippen LogP) is 3.37. The molecule has 2 fully saturated rings. The lowest BCUT2D eigenvalue weighted by Crippen LogP contribution is -2.36. The van der Waals surface area contributed by atoms with Crippen LogP contribution in [0.4, 0.5) is 17.3 Å². The van der Waals surface area contributed by atoms with Gasteiger partial charge in [0.25, 0.3) is 0 Å². The molecule has 2 aromatic heterocycles. The van der Waals surface area contributed by atoms with Gasteiger partial charge < -0.3 is 20.3 Å². The lowest BCUT2D eigenvalue weighted by atomic mass is 9.89. The van der Waals surface area contributed by atoms with Gasteiger partial charge in [-0.3, -0.25) is 4.68 Å². The van der Waals surface area contributed by atoms with Crippen LogP contribution in [0.25, 0.3) is 11.3 Å². The number of anilines is 3. The van der Waals surface area contributed by atoms with Crippen molar-refractivity contribution in [2.24, 2.45) is 5.92 Å². The molecular weight excluding hydrogens is 428 g/mol. The number of hydrogen-bond donors (Lipinski definition) is 2. The molecule has 2 aliphatic heterocycles. The van der Waals surface area contributed by atoms with Gasteiger partial charge in [0.15, 0.2) is 0 Å². The van der Waals surface area contributed by atoms with Crippen molar-refractivity contribution in [3.63, 3.8) is 0 Å². The Hall–Kier alpha value is -3.48. The van der Waals surface area contributed by atoms with Crippen molar-refractivity contribution in [1.29, 1.82) is 5.26 Å². The van der Waals surface area contributed by atoms with E-state index in [-0.39, 0.29) is 6.04 Å².